The van der Waals surface area contributed by atoms with Crippen LogP contribution >= 0.6 is 34.2 Å². The van der Waals surface area contributed by atoms with E-state index < -0.39 is 20.8 Å². The second-order valence-electron chi connectivity index (χ2n) is 3.20. The molecule has 1 aromatic rings. The molecule has 0 unspecified atom stereocenters. The van der Waals surface area contributed by atoms with Crippen LogP contribution in [0.5, 0.6) is 0 Å². The predicted molar refractivity (Wildman–Crippen MR) is 63.6 cm³/mol. The number of halogens is 2. The molecule has 0 N–H and O–H groups in total. The van der Waals surface area contributed by atoms with Gasteiger partial charge in [-0.1, -0.05) is 11.6 Å². The van der Waals surface area contributed by atoms with Gasteiger partial charge >= 0.3 is 0 Å². The fourth-order valence-corrected chi connectivity index (χ4v) is 3.26. The van der Waals surface area contributed by atoms with Gasteiger partial charge in [-0.2, -0.15) is 5.10 Å². The van der Waals surface area contributed by atoms with Crippen molar-refractivity contribution in [2.75, 3.05) is 0 Å². The van der Waals surface area contributed by atoms with E-state index in [2.05, 4.69) is 5.10 Å². The first kappa shape index (κ1) is 11.3. The van der Waals surface area contributed by atoms with Crippen molar-refractivity contribution in [1.82, 2.24) is 9.19 Å². The molecule has 0 aliphatic heterocycles. The van der Waals surface area contributed by atoms with Gasteiger partial charge in [-0.3, -0.25) is 4.79 Å². The second-order valence-corrected chi connectivity index (χ2v) is 6.73. The van der Waals surface area contributed by atoms with Crippen molar-refractivity contribution in [2.45, 2.75) is 18.1 Å². The number of hydrogen-bond acceptors (Lipinski definition) is 4. The highest BCUT2D eigenvalue weighted by molar-refractivity contribution is 14.1. The normalized spacial score (nSPS) is 16.7. The van der Waals surface area contributed by atoms with E-state index in [1.165, 1.54) is 6.20 Å². The highest BCUT2D eigenvalue weighted by atomic mass is 127. The van der Waals surface area contributed by atoms with Crippen LogP contribution in [0.25, 0.3) is 0 Å². The minimum Gasteiger partial charge on any atom is -0.265 e. The van der Waals surface area contributed by atoms with Crippen molar-refractivity contribution in [3.63, 3.8) is 0 Å². The minimum absolute atomic E-state index is 0.169. The Labute approximate surface area is 105 Å². The molecule has 1 aliphatic rings. The van der Waals surface area contributed by atoms with E-state index in [0.29, 0.717) is 16.9 Å². The van der Waals surface area contributed by atoms with Gasteiger partial charge in [-0.25, -0.2) is 8.42 Å². The SMILES string of the molecule is O=c1c(I)c(Cl)cnn1S(=O)(=O)C1CC1. The molecule has 1 aromatic heterocycles. The third-order valence-electron chi connectivity index (χ3n) is 2.03. The highest BCUT2D eigenvalue weighted by Crippen LogP contribution is 2.29. The average Bonchev–Trinajstić information content (AvgIpc) is 2.97. The van der Waals surface area contributed by atoms with Crippen LogP contribution in [0.3, 0.4) is 0 Å². The summed E-state index contributed by atoms with van der Waals surface area (Å²) >= 11 is 7.36. The Bertz CT molecular complexity index is 564. The molecule has 0 saturated heterocycles. The van der Waals surface area contributed by atoms with Gasteiger partial charge in [-0.15, -0.1) is 4.09 Å². The van der Waals surface area contributed by atoms with E-state index in [9.17, 15) is 13.2 Å². The van der Waals surface area contributed by atoms with Crippen molar-refractivity contribution < 1.29 is 8.42 Å². The standard InChI is InChI=1S/C7H6ClIN2O3S/c8-5-3-10-11(7(12)6(5)9)15(13,14)4-1-2-4/h3-4H,1-2H2. The lowest BCUT2D eigenvalue weighted by atomic mass is 10.6. The second kappa shape index (κ2) is 3.70. The maximum atomic E-state index is 11.7. The lowest BCUT2D eigenvalue weighted by molar-refractivity contribution is 0.574. The molecule has 0 bridgehead atoms. The quantitative estimate of drug-likeness (QED) is 0.733. The van der Waals surface area contributed by atoms with Gasteiger partial charge in [-0.05, 0) is 35.4 Å². The summed E-state index contributed by atoms with van der Waals surface area (Å²) in [5.41, 5.74) is -0.671. The van der Waals surface area contributed by atoms with Crippen LogP contribution in [0.15, 0.2) is 11.0 Å². The van der Waals surface area contributed by atoms with Gasteiger partial charge < -0.3 is 0 Å². The van der Waals surface area contributed by atoms with Crippen LogP contribution in [0.4, 0.5) is 0 Å². The van der Waals surface area contributed by atoms with Crippen molar-refractivity contribution in [3.8, 4) is 0 Å². The van der Waals surface area contributed by atoms with E-state index in [1.54, 1.807) is 22.6 Å². The van der Waals surface area contributed by atoms with Crippen LogP contribution in [0, 0.1) is 3.57 Å². The maximum Gasteiger partial charge on any atom is 0.296 e. The van der Waals surface area contributed by atoms with Gasteiger partial charge in [0.25, 0.3) is 15.6 Å². The van der Waals surface area contributed by atoms with Crippen LogP contribution in [0.2, 0.25) is 5.02 Å². The number of aromatic nitrogens is 2. The van der Waals surface area contributed by atoms with Gasteiger partial charge in [0.1, 0.15) is 3.57 Å². The fourth-order valence-electron chi connectivity index (χ4n) is 1.09. The van der Waals surface area contributed by atoms with Gasteiger partial charge in [0.15, 0.2) is 0 Å². The van der Waals surface area contributed by atoms with Crippen molar-refractivity contribution >= 4 is 44.2 Å². The molecule has 1 saturated carbocycles. The van der Waals surface area contributed by atoms with E-state index in [0.717, 1.165) is 0 Å². The highest BCUT2D eigenvalue weighted by Gasteiger charge is 2.38. The number of hydrogen-bond donors (Lipinski definition) is 0. The number of nitrogens with zero attached hydrogens (tertiary/aromatic N) is 2. The van der Waals surface area contributed by atoms with E-state index in [1.807, 2.05) is 0 Å². The van der Waals surface area contributed by atoms with Crippen LogP contribution in [0.1, 0.15) is 12.8 Å². The molecule has 1 fully saturated rings. The largest absolute Gasteiger partial charge is 0.296 e. The summed E-state index contributed by atoms with van der Waals surface area (Å²) in [5, 5.41) is 3.26. The fraction of sp³-hybridized carbons (Fsp3) is 0.429. The van der Waals surface area contributed by atoms with E-state index >= 15 is 0 Å². The molecule has 2 rings (SSSR count). The molecule has 5 nitrogen and oxygen atoms in total. The maximum absolute atomic E-state index is 11.7. The molecule has 1 aliphatic carbocycles. The Morgan fingerprint density at radius 2 is 2.13 bits per heavy atom. The first-order chi connectivity index (χ1) is 6.94. The lowest BCUT2D eigenvalue weighted by Crippen LogP contribution is -2.33. The Balaban J connectivity index is 2.64. The summed E-state index contributed by atoms with van der Waals surface area (Å²) < 4.78 is 24.2. The van der Waals surface area contributed by atoms with Crippen molar-refractivity contribution in [1.29, 1.82) is 0 Å². The van der Waals surface area contributed by atoms with Crippen LogP contribution in [-0.2, 0) is 10.0 Å². The molecular formula is C7H6ClIN2O3S. The smallest absolute Gasteiger partial charge is 0.265 e. The number of rotatable bonds is 2. The summed E-state index contributed by atoms with van der Waals surface area (Å²) in [6.07, 6.45) is 2.36. The predicted octanol–water partition coefficient (Wildman–Crippen LogP) is 0.842. The molecule has 1 heterocycles. The summed E-state index contributed by atoms with van der Waals surface area (Å²) in [6, 6.07) is 0. The molecule has 0 atom stereocenters. The zero-order valence-corrected chi connectivity index (χ0v) is 11.1. The first-order valence-corrected chi connectivity index (χ1v) is 7.08. The zero-order valence-electron chi connectivity index (χ0n) is 7.35. The Kier molecular flexibility index (Phi) is 2.80. The topological polar surface area (TPSA) is 69.0 Å². The van der Waals surface area contributed by atoms with Gasteiger partial charge in [0, 0.05) is 0 Å². The van der Waals surface area contributed by atoms with Crippen molar-refractivity contribution in [3.05, 3.63) is 25.1 Å². The third kappa shape index (κ3) is 1.92. The minimum atomic E-state index is -3.61. The average molecular weight is 361 g/mol. The Morgan fingerprint density at radius 1 is 1.53 bits per heavy atom. The summed E-state index contributed by atoms with van der Waals surface area (Å²) in [5.74, 6) is 0. The first-order valence-electron chi connectivity index (χ1n) is 4.12. The summed E-state index contributed by atoms with van der Waals surface area (Å²) in [6.45, 7) is 0. The molecule has 0 aromatic carbocycles. The Morgan fingerprint density at radius 3 is 2.67 bits per heavy atom. The third-order valence-corrected chi connectivity index (χ3v) is 5.74. The molecular weight excluding hydrogens is 355 g/mol. The van der Waals surface area contributed by atoms with E-state index in [4.69, 9.17) is 11.6 Å². The molecule has 15 heavy (non-hydrogen) atoms. The van der Waals surface area contributed by atoms with Gasteiger partial charge in [0.05, 0.1) is 16.5 Å². The van der Waals surface area contributed by atoms with Crippen LogP contribution in [-0.4, -0.2) is 22.9 Å². The Hall–Kier alpha value is -0.150. The van der Waals surface area contributed by atoms with Crippen LogP contribution < -0.4 is 5.56 Å². The molecule has 0 amide bonds. The van der Waals surface area contributed by atoms with Gasteiger partial charge in [0.2, 0.25) is 0 Å². The molecule has 8 heteroatoms. The summed E-state index contributed by atoms with van der Waals surface area (Å²) in [4.78, 5) is 11.6. The summed E-state index contributed by atoms with van der Waals surface area (Å²) in [7, 11) is -3.61. The lowest BCUT2D eigenvalue weighted by Gasteiger charge is -2.05. The molecule has 0 spiro atoms. The molecule has 82 valence electrons. The van der Waals surface area contributed by atoms with E-state index in [-0.39, 0.29) is 8.59 Å². The van der Waals surface area contributed by atoms with Crippen molar-refractivity contribution in [2.24, 2.45) is 0 Å². The molecule has 0 radical (unpaired) electrons. The monoisotopic (exact) mass is 360 g/mol. The zero-order chi connectivity index (χ0) is 11.2.